The highest BCUT2D eigenvalue weighted by molar-refractivity contribution is 5.79. The number of ether oxygens (including phenoxy) is 3. The zero-order chi connectivity index (χ0) is 23.8. The van der Waals surface area contributed by atoms with Crippen molar-refractivity contribution in [1.82, 2.24) is 24.6 Å². The number of amides is 2. The van der Waals surface area contributed by atoms with Crippen LogP contribution in [-0.4, -0.2) is 94.6 Å². The summed E-state index contributed by atoms with van der Waals surface area (Å²) < 4.78 is 32.3. The summed E-state index contributed by atoms with van der Waals surface area (Å²) in [5.41, 5.74) is -0.996. The number of halogens is 1. The van der Waals surface area contributed by atoms with Crippen LogP contribution in [0.2, 0.25) is 0 Å². The topological polar surface area (TPSA) is 99.0 Å². The number of rotatable bonds is 9. The van der Waals surface area contributed by atoms with Gasteiger partial charge in [0.15, 0.2) is 0 Å². The monoisotopic (exact) mass is 475 g/mol. The van der Waals surface area contributed by atoms with Crippen LogP contribution < -0.4 is 4.74 Å². The van der Waals surface area contributed by atoms with E-state index in [1.807, 2.05) is 0 Å². The molecular formula is C23H30FN5O5. The van der Waals surface area contributed by atoms with Gasteiger partial charge in [0.25, 0.3) is 0 Å². The molecule has 3 heterocycles. The fourth-order valence-corrected chi connectivity index (χ4v) is 4.15. The van der Waals surface area contributed by atoms with Gasteiger partial charge in [-0.25, -0.2) is 9.37 Å². The molecule has 34 heavy (non-hydrogen) atoms. The summed E-state index contributed by atoms with van der Waals surface area (Å²) in [4.78, 5) is 33.4. The Kier molecular flexibility index (Phi) is 8.07. The van der Waals surface area contributed by atoms with Crippen LogP contribution in [0.15, 0.2) is 36.9 Å². The van der Waals surface area contributed by atoms with Crippen LogP contribution >= 0.6 is 0 Å². The number of aromatic nitrogens is 3. The van der Waals surface area contributed by atoms with Crippen LogP contribution in [0.1, 0.15) is 19.3 Å². The third-order valence-electron chi connectivity index (χ3n) is 6.00. The van der Waals surface area contributed by atoms with Crippen molar-refractivity contribution in [2.75, 3.05) is 52.6 Å². The Morgan fingerprint density at radius 3 is 2.56 bits per heavy atom. The third-order valence-corrected chi connectivity index (χ3v) is 6.00. The molecule has 10 nitrogen and oxygen atoms in total. The van der Waals surface area contributed by atoms with E-state index >= 15 is 0 Å². The number of aryl methyl sites for hydroxylation is 1. The Bertz CT molecular complexity index is 936. The third kappa shape index (κ3) is 6.51. The Balaban J connectivity index is 1.41. The molecule has 1 aromatic carbocycles. The van der Waals surface area contributed by atoms with Crippen molar-refractivity contribution < 1.29 is 28.2 Å². The molecule has 4 rings (SSSR count). The Hall–Kier alpha value is -3.05. The first-order chi connectivity index (χ1) is 16.5. The lowest BCUT2D eigenvalue weighted by Gasteiger charge is -2.43. The van der Waals surface area contributed by atoms with Gasteiger partial charge in [0.1, 0.15) is 36.4 Å². The zero-order valence-corrected chi connectivity index (χ0v) is 19.1. The van der Waals surface area contributed by atoms with Crippen molar-refractivity contribution in [1.29, 1.82) is 0 Å². The van der Waals surface area contributed by atoms with E-state index in [-0.39, 0.29) is 37.2 Å². The summed E-state index contributed by atoms with van der Waals surface area (Å²) in [7, 11) is 0. The summed E-state index contributed by atoms with van der Waals surface area (Å²) >= 11 is 0. The Morgan fingerprint density at radius 2 is 1.82 bits per heavy atom. The van der Waals surface area contributed by atoms with Crippen LogP contribution in [-0.2, 0) is 25.6 Å². The maximum Gasteiger partial charge on any atom is 0.225 e. The standard InChI is InChI=1S/C23H30FN5O5/c24-19-3-5-20(6-4-19)33-16-23(14-22(31)27-8-11-32-12-9-27)15-28(10-13-34-23)21(30)2-1-7-29-18-25-17-26-29/h3-6,17-18H,1-2,7-16H2/t23-/m1/s1. The first-order valence-corrected chi connectivity index (χ1v) is 11.5. The summed E-state index contributed by atoms with van der Waals surface area (Å²) in [6.45, 7) is 3.72. The molecule has 1 atom stereocenters. The van der Waals surface area contributed by atoms with Crippen molar-refractivity contribution in [3.8, 4) is 5.75 Å². The van der Waals surface area contributed by atoms with Gasteiger partial charge in [0.2, 0.25) is 11.8 Å². The molecule has 0 saturated carbocycles. The second-order valence-electron chi connectivity index (χ2n) is 8.52. The highest BCUT2D eigenvalue weighted by Crippen LogP contribution is 2.26. The van der Waals surface area contributed by atoms with E-state index in [9.17, 15) is 14.0 Å². The van der Waals surface area contributed by atoms with Crippen molar-refractivity contribution >= 4 is 11.8 Å². The average molecular weight is 476 g/mol. The quantitative estimate of drug-likeness (QED) is 0.536. The zero-order valence-electron chi connectivity index (χ0n) is 19.1. The molecule has 184 valence electrons. The minimum absolute atomic E-state index is 0.00612. The van der Waals surface area contributed by atoms with Crippen LogP contribution in [0.5, 0.6) is 5.75 Å². The molecule has 11 heteroatoms. The van der Waals surface area contributed by atoms with Gasteiger partial charge in [-0.05, 0) is 30.7 Å². The van der Waals surface area contributed by atoms with E-state index in [0.717, 1.165) is 0 Å². The van der Waals surface area contributed by atoms with Crippen LogP contribution in [0.3, 0.4) is 0 Å². The van der Waals surface area contributed by atoms with Crippen LogP contribution in [0.4, 0.5) is 4.39 Å². The molecule has 0 radical (unpaired) electrons. The molecule has 0 spiro atoms. The highest BCUT2D eigenvalue weighted by atomic mass is 19.1. The van der Waals surface area contributed by atoms with E-state index in [2.05, 4.69) is 10.1 Å². The van der Waals surface area contributed by atoms with Crippen molar-refractivity contribution in [2.24, 2.45) is 0 Å². The molecule has 2 amide bonds. The number of nitrogens with zero attached hydrogens (tertiary/aromatic N) is 5. The fourth-order valence-electron chi connectivity index (χ4n) is 4.15. The van der Waals surface area contributed by atoms with E-state index in [0.29, 0.717) is 64.6 Å². The number of carbonyl (C=O) groups excluding carboxylic acids is 2. The normalized spacial score (nSPS) is 20.9. The lowest BCUT2D eigenvalue weighted by atomic mass is 9.96. The van der Waals surface area contributed by atoms with Crippen molar-refractivity contribution in [2.45, 2.75) is 31.4 Å². The molecule has 2 aliphatic rings. The van der Waals surface area contributed by atoms with Gasteiger partial charge in [-0.2, -0.15) is 5.10 Å². The molecule has 2 fully saturated rings. The minimum Gasteiger partial charge on any atom is -0.490 e. The lowest BCUT2D eigenvalue weighted by Crippen LogP contribution is -2.58. The first kappa shape index (κ1) is 24.1. The Morgan fingerprint density at radius 1 is 1.06 bits per heavy atom. The van der Waals surface area contributed by atoms with Gasteiger partial charge in [0, 0.05) is 32.6 Å². The van der Waals surface area contributed by atoms with Crippen LogP contribution in [0.25, 0.3) is 0 Å². The van der Waals surface area contributed by atoms with Gasteiger partial charge in [-0.15, -0.1) is 0 Å². The second-order valence-corrected chi connectivity index (χ2v) is 8.52. The number of morpholine rings is 2. The molecule has 0 aliphatic carbocycles. The number of carbonyl (C=O) groups is 2. The van der Waals surface area contributed by atoms with Crippen molar-refractivity contribution in [3.05, 3.63) is 42.7 Å². The van der Waals surface area contributed by atoms with E-state index < -0.39 is 5.60 Å². The van der Waals surface area contributed by atoms with Gasteiger partial charge in [0.05, 0.1) is 32.8 Å². The van der Waals surface area contributed by atoms with Gasteiger partial charge < -0.3 is 24.0 Å². The number of hydrogen-bond acceptors (Lipinski definition) is 7. The summed E-state index contributed by atoms with van der Waals surface area (Å²) in [5, 5.41) is 4.05. The van der Waals surface area contributed by atoms with Gasteiger partial charge >= 0.3 is 0 Å². The minimum atomic E-state index is -0.996. The van der Waals surface area contributed by atoms with E-state index in [1.165, 1.54) is 30.6 Å². The molecule has 0 unspecified atom stereocenters. The van der Waals surface area contributed by atoms with E-state index in [1.54, 1.807) is 20.8 Å². The van der Waals surface area contributed by atoms with Crippen molar-refractivity contribution in [3.63, 3.8) is 0 Å². The molecule has 2 aliphatic heterocycles. The molecule has 0 bridgehead atoms. The summed E-state index contributed by atoms with van der Waals surface area (Å²) in [6.07, 6.45) is 4.15. The van der Waals surface area contributed by atoms with Crippen LogP contribution in [0, 0.1) is 5.82 Å². The molecule has 2 saturated heterocycles. The summed E-state index contributed by atoms with van der Waals surface area (Å²) in [5.74, 6) is 0.0421. The maximum absolute atomic E-state index is 13.3. The lowest BCUT2D eigenvalue weighted by molar-refractivity contribution is -0.167. The summed E-state index contributed by atoms with van der Waals surface area (Å²) in [6, 6.07) is 5.69. The maximum atomic E-state index is 13.3. The smallest absolute Gasteiger partial charge is 0.225 e. The highest BCUT2D eigenvalue weighted by Gasteiger charge is 2.42. The number of benzene rings is 1. The largest absolute Gasteiger partial charge is 0.490 e. The first-order valence-electron chi connectivity index (χ1n) is 11.5. The van der Waals surface area contributed by atoms with Gasteiger partial charge in [-0.3, -0.25) is 14.3 Å². The molecular weight excluding hydrogens is 445 g/mol. The predicted molar refractivity (Wildman–Crippen MR) is 118 cm³/mol. The second kappa shape index (κ2) is 11.4. The number of hydrogen-bond donors (Lipinski definition) is 0. The predicted octanol–water partition coefficient (Wildman–Crippen LogP) is 1.12. The SMILES string of the molecule is O=C(C[C@]1(COc2ccc(F)cc2)CN(C(=O)CCCn2cncn2)CCO1)N1CCOCC1. The fraction of sp³-hybridized carbons (Fsp3) is 0.565. The Labute approximate surface area is 197 Å². The molecule has 2 aromatic rings. The van der Waals surface area contributed by atoms with Gasteiger partial charge in [-0.1, -0.05) is 0 Å². The van der Waals surface area contributed by atoms with E-state index in [4.69, 9.17) is 14.2 Å². The molecule has 0 N–H and O–H groups in total. The molecule has 1 aromatic heterocycles. The average Bonchev–Trinajstić information content (AvgIpc) is 3.38.